The largest absolute Gasteiger partial charge is 0.383 e. The molecule has 1 unspecified atom stereocenters. The summed E-state index contributed by atoms with van der Waals surface area (Å²) in [7, 11) is 0. The van der Waals surface area contributed by atoms with Gasteiger partial charge in [-0.1, -0.05) is 24.6 Å². The summed E-state index contributed by atoms with van der Waals surface area (Å²) >= 11 is 7.79. The van der Waals surface area contributed by atoms with Crippen molar-refractivity contribution in [2.45, 2.75) is 25.8 Å². The predicted molar refractivity (Wildman–Crippen MR) is 82.7 cm³/mol. The molecule has 0 aromatic carbocycles. The third-order valence-corrected chi connectivity index (χ3v) is 4.02. The number of nitrogens with zero attached hydrogens (tertiary/aromatic N) is 1. The average molecular weight is 296 g/mol. The van der Waals surface area contributed by atoms with Gasteiger partial charge in [0.15, 0.2) is 0 Å². The lowest BCUT2D eigenvalue weighted by atomic mass is 10.0. The highest BCUT2D eigenvalue weighted by atomic mass is 35.5. The predicted octanol–water partition coefficient (Wildman–Crippen LogP) is 3.66. The molecule has 0 fully saturated rings. The number of nitrogens with one attached hydrogen (secondary N) is 1. The second-order valence-electron chi connectivity index (χ2n) is 4.42. The summed E-state index contributed by atoms with van der Waals surface area (Å²) in [6.45, 7) is 3.09. The minimum absolute atomic E-state index is 0.157. The highest BCUT2D eigenvalue weighted by molar-refractivity contribution is 7.09. The molecule has 0 amide bonds. The molecule has 19 heavy (non-hydrogen) atoms. The highest BCUT2D eigenvalue weighted by Crippen LogP contribution is 2.26. The van der Waals surface area contributed by atoms with Gasteiger partial charge in [-0.05, 0) is 30.5 Å². The minimum Gasteiger partial charge on any atom is -0.383 e. The van der Waals surface area contributed by atoms with E-state index in [9.17, 15) is 0 Å². The van der Waals surface area contributed by atoms with E-state index < -0.39 is 0 Å². The highest BCUT2D eigenvalue weighted by Gasteiger charge is 2.16. The van der Waals surface area contributed by atoms with Crippen molar-refractivity contribution in [2.24, 2.45) is 0 Å². The Morgan fingerprint density at radius 1 is 1.53 bits per heavy atom. The van der Waals surface area contributed by atoms with Crippen LogP contribution >= 0.6 is 22.9 Å². The van der Waals surface area contributed by atoms with Crippen LogP contribution in [0.15, 0.2) is 29.8 Å². The summed E-state index contributed by atoms with van der Waals surface area (Å²) in [5.41, 5.74) is 6.97. The molecule has 2 heterocycles. The molecule has 0 aliphatic heterocycles. The van der Waals surface area contributed by atoms with E-state index in [0.717, 1.165) is 24.9 Å². The van der Waals surface area contributed by atoms with E-state index >= 15 is 0 Å². The van der Waals surface area contributed by atoms with E-state index in [-0.39, 0.29) is 6.04 Å². The van der Waals surface area contributed by atoms with Crippen LogP contribution in [0.25, 0.3) is 0 Å². The SMILES string of the molecule is CCCNC(Cc1cccs1)c1cc(Cl)cnc1N. The number of nitrogens with two attached hydrogens (primary N) is 1. The van der Waals surface area contributed by atoms with E-state index in [1.54, 1.807) is 17.5 Å². The van der Waals surface area contributed by atoms with Crippen molar-refractivity contribution >= 4 is 28.8 Å². The number of rotatable bonds is 6. The number of pyridine rings is 1. The Bertz CT molecular complexity index is 513. The van der Waals surface area contributed by atoms with Gasteiger partial charge in [-0.25, -0.2) is 4.98 Å². The van der Waals surface area contributed by atoms with Gasteiger partial charge in [0.25, 0.3) is 0 Å². The van der Waals surface area contributed by atoms with E-state index in [1.807, 2.05) is 6.07 Å². The molecular formula is C14H18ClN3S. The third-order valence-electron chi connectivity index (χ3n) is 2.92. The Balaban J connectivity index is 2.23. The maximum atomic E-state index is 6.03. The van der Waals surface area contributed by atoms with Crippen molar-refractivity contribution in [3.63, 3.8) is 0 Å². The lowest BCUT2D eigenvalue weighted by molar-refractivity contribution is 0.532. The Hall–Kier alpha value is -1.10. The van der Waals surface area contributed by atoms with Gasteiger partial charge in [0.1, 0.15) is 5.82 Å². The molecule has 0 spiro atoms. The van der Waals surface area contributed by atoms with Gasteiger partial charge >= 0.3 is 0 Å². The molecule has 3 nitrogen and oxygen atoms in total. The number of halogens is 1. The second kappa shape index (κ2) is 6.89. The van der Waals surface area contributed by atoms with E-state index in [1.165, 1.54) is 4.88 Å². The molecule has 102 valence electrons. The minimum atomic E-state index is 0.157. The molecule has 3 N–H and O–H groups in total. The Morgan fingerprint density at radius 2 is 2.37 bits per heavy atom. The first-order valence-electron chi connectivity index (χ1n) is 6.37. The molecule has 2 aromatic heterocycles. The van der Waals surface area contributed by atoms with Gasteiger partial charge in [-0.3, -0.25) is 0 Å². The Labute approximate surface area is 122 Å². The van der Waals surface area contributed by atoms with Gasteiger partial charge in [0.2, 0.25) is 0 Å². The van der Waals surface area contributed by atoms with Gasteiger partial charge < -0.3 is 11.1 Å². The number of hydrogen-bond acceptors (Lipinski definition) is 4. The van der Waals surface area contributed by atoms with Crippen LogP contribution in [0.5, 0.6) is 0 Å². The zero-order chi connectivity index (χ0) is 13.7. The van der Waals surface area contributed by atoms with Crippen LogP contribution in [0, 0.1) is 0 Å². The zero-order valence-electron chi connectivity index (χ0n) is 10.9. The summed E-state index contributed by atoms with van der Waals surface area (Å²) < 4.78 is 0. The monoisotopic (exact) mass is 295 g/mol. The molecule has 2 rings (SSSR count). The molecule has 2 aromatic rings. The quantitative estimate of drug-likeness (QED) is 0.855. The molecule has 1 atom stereocenters. The van der Waals surface area contributed by atoms with Crippen LogP contribution in [0.1, 0.15) is 29.8 Å². The van der Waals surface area contributed by atoms with E-state index in [4.69, 9.17) is 17.3 Å². The first-order valence-corrected chi connectivity index (χ1v) is 7.63. The van der Waals surface area contributed by atoms with Gasteiger partial charge in [0, 0.05) is 29.1 Å². The normalized spacial score (nSPS) is 12.5. The number of anilines is 1. The lowest BCUT2D eigenvalue weighted by Gasteiger charge is -2.19. The van der Waals surface area contributed by atoms with E-state index in [2.05, 4.69) is 34.7 Å². The lowest BCUT2D eigenvalue weighted by Crippen LogP contribution is -2.25. The first-order chi connectivity index (χ1) is 9.20. The van der Waals surface area contributed by atoms with Crippen LogP contribution in [-0.4, -0.2) is 11.5 Å². The molecule has 0 saturated heterocycles. The molecule has 0 aliphatic rings. The van der Waals surface area contributed by atoms with Crippen molar-refractivity contribution in [3.05, 3.63) is 45.2 Å². The van der Waals surface area contributed by atoms with Crippen LogP contribution in [-0.2, 0) is 6.42 Å². The number of hydrogen-bond donors (Lipinski definition) is 2. The van der Waals surface area contributed by atoms with Crippen molar-refractivity contribution in [1.82, 2.24) is 10.3 Å². The zero-order valence-corrected chi connectivity index (χ0v) is 12.5. The van der Waals surface area contributed by atoms with Crippen LogP contribution in [0.3, 0.4) is 0 Å². The standard InChI is InChI=1S/C14H18ClN3S/c1-2-5-17-13(8-11-4-3-6-19-11)12-7-10(15)9-18-14(12)16/h3-4,6-7,9,13,17H,2,5,8H2,1H3,(H2,16,18). The number of thiophene rings is 1. The van der Waals surface area contributed by atoms with E-state index in [0.29, 0.717) is 10.8 Å². The number of nitrogen functional groups attached to an aromatic ring is 1. The summed E-state index contributed by atoms with van der Waals surface area (Å²) in [5.74, 6) is 0.551. The third kappa shape index (κ3) is 3.93. The molecule has 0 aliphatic carbocycles. The van der Waals surface area contributed by atoms with Crippen LogP contribution in [0.2, 0.25) is 5.02 Å². The van der Waals surface area contributed by atoms with Crippen molar-refractivity contribution in [3.8, 4) is 0 Å². The molecule has 0 bridgehead atoms. The van der Waals surface area contributed by atoms with Crippen LogP contribution in [0.4, 0.5) is 5.82 Å². The number of aromatic nitrogens is 1. The van der Waals surface area contributed by atoms with Gasteiger partial charge in [-0.2, -0.15) is 0 Å². The van der Waals surface area contributed by atoms with Gasteiger partial charge in [-0.15, -0.1) is 11.3 Å². The maximum Gasteiger partial charge on any atom is 0.128 e. The summed E-state index contributed by atoms with van der Waals surface area (Å²) in [5, 5.41) is 6.23. The molecular weight excluding hydrogens is 278 g/mol. The average Bonchev–Trinajstić information content (AvgIpc) is 2.90. The Kier molecular flexibility index (Phi) is 5.19. The second-order valence-corrected chi connectivity index (χ2v) is 5.89. The molecule has 5 heteroatoms. The van der Waals surface area contributed by atoms with Crippen LogP contribution < -0.4 is 11.1 Å². The van der Waals surface area contributed by atoms with Crippen molar-refractivity contribution < 1.29 is 0 Å². The molecule has 0 saturated carbocycles. The van der Waals surface area contributed by atoms with Crippen molar-refractivity contribution in [2.75, 3.05) is 12.3 Å². The topological polar surface area (TPSA) is 50.9 Å². The van der Waals surface area contributed by atoms with Gasteiger partial charge in [0.05, 0.1) is 5.02 Å². The fourth-order valence-corrected chi connectivity index (χ4v) is 2.90. The first kappa shape index (κ1) is 14.3. The summed E-state index contributed by atoms with van der Waals surface area (Å²) in [4.78, 5) is 5.47. The summed E-state index contributed by atoms with van der Waals surface area (Å²) in [6, 6.07) is 6.27. The Morgan fingerprint density at radius 3 is 3.05 bits per heavy atom. The van der Waals surface area contributed by atoms with Crippen molar-refractivity contribution in [1.29, 1.82) is 0 Å². The smallest absolute Gasteiger partial charge is 0.128 e. The maximum absolute atomic E-state index is 6.03. The summed E-state index contributed by atoms with van der Waals surface area (Å²) in [6.07, 6.45) is 3.57. The fourth-order valence-electron chi connectivity index (χ4n) is 1.99. The fraction of sp³-hybridized carbons (Fsp3) is 0.357. The molecule has 0 radical (unpaired) electrons.